The molecule has 1 aliphatic carbocycles. The van der Waals surface area contributed by atoms with Gasteiger partial charge in [-0.25, -0.2) is 8.42 Å². The molecule has 9 heteroatoms. The molecule has 0 bridgehead atoms. The summed E-state index contributed by atoms with van der Waals surface area (Å²) in [5.41, 5.74) is 1.89. The molecule has 1 amide bonds. The van der Waals surface area contributed by atoms with Gasteiger partial charge in [0.05, 0.1) is 11.4 Å². The molecule has 1 N–H and O–H groups in total. The maximum absolute atomic E-state index is 13.3. The first-order valence-corrected chi connectivity index (χ1v) is 13.0. The van der Waals surface area contributed by atoms with E-state index in [1.165, 1.54) is 42.7 Å². The van der Waals surface area contributed by atoms with Crippen LogP contribution in [-0.2, 0) is 21.4 Å². The zero-order chi connectivity index (χ0) is 23.1. The fourth-order valence-corrected chi connectivity index (χ4v) is 5.50. The topological polar surface area (TPSA) is 66.5 Å². The molecule has 0 saturated carbocycles. The SMILES string of the molecule is O=C(CN(Cc1ccc(Cl)cc1Cl)S(=O)(=O)c1ccc(Cl)cc1)NCCC1=CCCCC1. The highest BCUT2D eigenvalue weighted by molar-refractivity contribution is 7.89. The second-order valence-electron chi connectivity index (χ2n) is 7.67. The number of sulfonamides is 1. The summed E-state index contributed by atoms with van der Waals surface area (Å²) < 4.78 is 27.7. The third kappa shape index (κ3) is 6.96. The predicted molar refractivity (Wildman–Crippen MR) is 130 cm³/mol. The van der Waals surface area contributed by atoms with Gasteiger partial charge >= 0.3 is 0 Å². The van der Waals surface area contributed by atoms with Crippen molar-refractivity contribution in [3.05, 3.63) is 74.7 Å². The van der Waals surface area contributed by atoms with Gasteiger partial charge in [0.15, 0.2) is 0 Å². The van der Waals surface area contributed by atoms with Crippen LogP contribution < -0.4 is 5.32 Å². The maximum Gasteiger partial charge on any atom is 0.243 e. The second kappa shape index (κ2) is 11.5. The lowest BCUT2D eigenvalue weighted by molar-refractivity contribution is -0.121. The Morgan fingerprint density at radius 3 is 2.38 bits per heavy atom. The van der Waals surface area contributed by atoms with Crippen LogP contribution >= 0.6 is 34.8 Å². The van der Waals surface area contributed by atoms with Crippen molar-refractivity contribution in [2.24, 2.45) is 0 Å². The summed E-state index contributed by atoms with van der Waals surface area (Å²) in [6.45, 7) is 0.0731. The molecule has 5 nitrogen and oxygen atoms in total. The maximum atomic E-state index is 13.3. The monoisotopic (exact) mass is 514 g/mol. The molecule has 0 spiro atoms. The highest BCUT2D eigenvalue weighted by Crippen LogP contribution is 2.26. The number of allylic oxidation sites excluding steroid dienone is 1. The van der Waals surface area contributed by atoms with Crippen molar-refractivity contribution < 1.29 is 13.2 Å². The highest BCUT2D eigenvalue weighted by Gasteiger charge is 2.27. The molecule has 32 heavy (non-hydrogen) atoms. The first kappa shape index (κ1) is 25.1. The van der Waals surface area contributed by atoms with Crippen LogP contribution in [0.25, 0.3) is 0 Å². The number of hydrogen-bond acceptors (Lipinski definition) is 3. The summed E-state index contributed by atoms with van der Waals surface area (Å²) >= 11 is 18.1. The molecule has 0 atom stereocenters. The largest absolute Gasteiger partial charge is 0.355 e. The predicted octanol–water partition coefficient (Wildman–Crippen LogP) is 5.84. The number of carbonyl (C=O) groups excluding carboxylic acids is 1. The Hall–Kier alpha value is -1.57. The van der Waals surface area contributed by atoms with Gasteiger partial charge in [0.2, 0.25) is 15.9 Å². The lowest BCUT2D eigenvalue weighted by Gasteiger charge is -2.23. The average Bonchev–Trinajstić information content (AvgIpc) is 2.76. The van der Waals surface area contributed by atoms with Crippen LogP contribution in [0.4, 0.5) is 0 Å². The van der Waals surface area contributed by atoms with Crippen LogP contribution in [0.3, 0.4) is 0 Å². The molecule has 172 valence electrons. The van der Waals surface area contributed by atoms with Gasteiger partial charge in [-0.2, -0.15) is 4.31 Å². The van der Waals surface area contributed by atoms with Gasteiger partial charge in [-0.15, -0.1) is 0 Å². The van der Waals surface area contributed by atoms with E-state index in [1.807, 2.05) is 0 Å². The van der Waals surface area contributed by atoms with E-state index >= 15 is 0 Å². The molecule has 3 rings (SSSR count). The van der Waals surface area contributed by atoms with Crippen LogP contribution in [-0.4, -0.2) is 31.7 Å². The van der Waals surface area contributed by atoms with Crippen LogP contribution in [0.2, 0.25) is 15.1 Å². The summed E-state index contributed by atoms with van der Waals surface area (Å²) in [7, 11) is -3.97. The lowest BCUT2D eigenvalue weighted by atomic mass is 9.97. The normalized spacial score (nSPS) is 14.3. The van der Waals surface area contributed by atoms with Crippen LogP contribution in [0.15, 0.2) is 59.0 Å². The zero-order valence-electron chi connectivity index (χ0n) is 17.5. The number of nitrogens with zero attached hydrogens (tertiary/aromatic N) is 1. The molecule has 0 unspecified atom stereocenters. The Kier molecular flexibility index (Phi) is 9.03. The lowest BCUT2D eigenvalue weighted by Crippen LogP contribution is -2.40. The molecule has 2 aromatic rings. The van der Waals surface area contributed by atoms with Crippen LogP contribution in [0, 0.1) is 0 Å². The quantitative estimate of drug-likeness (QED) is 0.426. The van der Waals surface area contributed by atoms with Gasteiger partial charge in [0.25, 0.3) is 0 Å². The van der Waals surface area contributed by atoms with E-state index in [9.17, 15) is 13.2 Å². The summed E-state index contributed by atoms with van der Waals surface area (Å²) in [6.07, 6.45) is 7.53. The smallest absolute Gasteiger partial charge is 0.243 e. The summed E-state index contributed by atoms with van der Waals surface area (Å²) in [6, 6.07) is 10.7. The summed E-state index contributed by atoms with van der Waals surface area (Å²) in [5, 5.41) is 4.04. The molecule has 0 aliphatic heterocycles. The van der Waals surface area contributed by atoms with E-state index in [1.54, 1.807) is 18.2 Å². The summed E-state index contributed by atoms with van der Waals surface area (Å²) in [5.74, 6) is -0.371. The zero-order valence-corrected chi connectivity index (χ0v) is 20.6. The van der Waals surface area contributed by atoms with Crippen molar-refractivity contribution >= 4 is 50.7 Å². The van der Waals surface area contributed by atoms with Crippen molar-refractivity contribution in [2.45, 2.75) is 43.5 Å². The number of benzene rings is 2. The Morgan fingerprint density at radius 2 is 1.72 bits per heavy atom. The van der Waals surface area contributed by atoms with Gasteiger partial charge in [-0.1, -0.05) is 52.5 Å². The third-order valence-electron chi connectivity index (χ3n) is 5.29. The minimum absolute atomic E-state index is 0.0483. The minimum Gasteiger partial charge on any atom is -0.355 e. The van der Waals surface area contributed by atoms with Gasteiger partial charge in [0, 0.05) is 28.2 Å². The van der Waals surface area contributed by atoms with Gasteiger partial charge in [-0.3, -0.25) is 4.79 Å². The van der Waals surface area contributed by atoms with E-state index in [2.05, 4.69) is 11.4 Å². The number of rotatable bonds is 9. The van der Waals surface area contributed by atoms with E-state index in [0.717, 1.165) is 23.6 Å². The number of carbonyl (C=O) groups is 1. The molecule has 0 aromatic heterocycles. The fourth-order valence-electron chi connectivity index (χ4n) is 3.53. The molecule has 1 aliphatic rings. The highest BCUT2D eigenvalue weighted by atomic mass is 35.5. The van der Waals surface area contributed by atoms with E-state index in [4.69, 9.17) is 34.8 Å². The number of hydrogen-bond donors (Lipinski definition) is 1. The minimum atomic E-state index is -3.97. The molecule has 0 saturated heterocycles. The van der Waals surface area contributed by atoms with Crippen LogP contribution in [0.5, 0.6) is 0 Å². The van der Waals surface area contributed by atoms with Gasteiger partial charge in [0.1, 0.15) is 0 Å². The Labute approximate surface area is 204 Å². The molecular weight excluding hydrogens is 491 g/mol. The molecule has 0 radical (unpaired) electrons. The number of halogens is 3. The standard InChI is InChI=1S/C23H25Cl3N2O3S/c24-19-8-10-21(11-9-19)32(30,31)28(15-18-6-7-20(25)14-22(18)26)16-23(29)27-13-12-17-4-2-1-3-5-17/h4,6-11,14H,1-3,5,12-13,15-16H2,(H,27,29). The van der Waals surface area contributed by atoms with Gasteiger partial charge < -0.3 is 5.32 Å². The van der Waals surface area contributed by atoms with Crippen molar-refractivity contribution in [1.82, 2.24) is 9.62 Å². The van der Waals surface area contributed by atoms with E-state index < -0.39 is 10.0 Å². The van der Waals surface area contributed by atoms with Crippen molar-refractivity contribution in [2.75, 3.05) is 13.1 Å². The third-order valence-corrected chi connectivity index (χ3v) is 7.93. The van der Waals surface area contributed by atoms with E-state index in [-0.39, 0.29) is 23.9 Å². The molecule has 0 heterocycles. The van der Waals surface area contributed by atoms with Crippen LogP contribution in [0.1, 0.15) is 37.7 Å². The summed E-state index contributed by atoms with van der Waals surface area (Å²) in [4.78, 5) is 12.7. The first-order valence-electron chi connectivity index (χ1n) is 10.4. The first-order chi connectivity index (χ1) is 15.3. The van der Waals surface area contributed by atoms with Crippen molar-refractivity contribution in [3.63, 3.8) is 0 Å². The van der Waals surface area contributed by atoms with E-state index in [0.29, 0.717) is 27.2 Å². The Balaban J connectivity index is 1.75. The molecular formula is C23H25Cl3N2O3S. The molecule has 2 aromatic carbocycles. The Morgan fingerprint density at radius 1 is 1.00 bits per heavy atom. The fraction of sp³-hybridized carbons (Fsp3) is 0.348. The number of nitrogens with one attached hydrogen (secondary N) is 1. The Bertz CT molecular complexity index is 1090. The second-order valence-corrected chi connectivity index (χ2v) is 10.9. The average molecular weight is 516 g/mol. The number of amides is 1. The molecule has 0 fully saturated rings. The van der Waals surface area contributed by atoms with Crippen molar-refractivity contribution in [1.29, 1.82) is 0 Å². The van der Waals surface area contributed by atoms with Crippen molar-refractivity contribution in [3.8, 4) is 0 Å². The van der Waals surface area contributed by atoms with Gasteiger partial charge in [-0.05, 0) is 74.1 Å².